The second-order valence-electron chi connectivity index (χ2n) is 4.53. The Morgan fingerprint density at radius 1 is 1.12 bits per heavy atom. The van der Waals surface area contributed by atoms with Gasteiger partial charge >= 0.3 is 0 Å². The van der Waals surface area contributed by atoms with Crippen molar-refractivity contribution in [2.75, 3.05) is 6.61 Å². The Bertz CT molecular complexity index is 343. The number of nitrogens with one attached hydrogen (secondary N) is 1. The van der Waals surface area contributed by atoms with E-state index in [1.807, 2.05) is 0 Å². The van der Waals surface area contributed by atoms with E-state index in [2.05, 4.69) is 45.1 Å². The van der Waals surface area contributed by atoms with Crippen LogP contribution in [0.25, 0.3) is 0 Å². The summed E-state index contributed by atoms with van der Waals surface area (Å²) in [4.78, 5) is 0. The molecule has 2 N–H and O–H groups in total. The lowest BCUT2D eigenvalue weighted by atomic mass is 10.0. The van der Waals surface area contributed by atoms with E-state index in [0.717, 1.165) is 13.0 Å². The molecule has 16 heavy (non-hydrogen) atoms. The number of hydrogen-bond acceptors (Lipinski definition) is 2. The minimum Gasteiger partial charge on any atom is -0.395 e. The molecule has 1 atom stereocenters. The number of benzene rings is 1. The molecule has 90 valence electrons. The van der Waals surface area contributed by atoms with E-state index in [9.17, 15) is 0 Å². The fraction of sp³-hybridized carbons (Fsp3) is 0.571. The van der Waals surface area contributed by atoms with E-state index in [4.69, 9.17) is 5.11 Å². The summed E-state index contributed by atoms with van der Waals surface area (Å²) in [7, 11) is 0. The first-order chi connectivity index (χ1) is 7.58. The van der Waals surface area contributed by atoms with Gasteiger partial charge in [-0.25, -0.2) is 0 Å². The van der Waals surface area contributed by atoms with Gasteiger partial charge in [-0.2, -0.15) is 0 Å². The predicted molar refractivity (Wildman–Crippen MR) is 68.7 cm³/mol. The van der Waals surface area contributed by atoms with Crippen molar-refractivity contribution in [1.29, 1.82) is 0 Å². The van der Waals surface area contributed by atoms with Gasteiger partial charge in [-0.3, -0.25) is 0 Å². The van der Waals surface area contributed by atoms with Crippen LogP contribution >= 0.6 is 0 Å². The Kier molecular flexibility index (Phi) is 4.97. The summed E-state index contributed by atoms with van der Waals surface area (Å²) in [6.07, 6.45) is 0.959. The van der Waals surface area contributed by atoms with E-state index in [1.54, 1.807) is 0 Å². The van der Waals surface area contributed by atoms with Crippen LogP contribution in [0.15, 0.2) is 12.1 Å². The third-order valence-corrected chi connectivity index (χ3v) is 3.25. The van der Waals surface area contributed by atoms with Crippen molar-refractivity contribution in [2.45, 2.75) is 46.7 Å². The first kappa shape index (κ1) is 13.2. The Morgan fingerprint density at radius 3 is 2.31 bits per heavy atom. The third kappa shape index (κ3) is 3.32. The SMILES string of the molecule is CCC(CO)NCc1cc(C)c(C)cc1C. The molecular weight excluding hydrogens is 198 g/mol. The second-order valence-corrected chi connectivity index (χ2v) is 4.53. The molecule has 0 saturated carbocycles. The average molecular weight is 221 g/mol. The molecule has 0 aromatic heterocycles. The molecule has 1 rings (SSSR count). The molecular formula is C14H23NO. The van der Waals surface area contributed by atoms with E-state index in [0.29, 0.717) is 0 Å². The molecule has 0 bridgehead atoms. The molecule has 0 radical (unpaired) electrons. The van der Waals surface area contributed by atoms with Crippen LogP contribution in [0.1, 0.15) is 35.6 Å². The molecule has 2 heteroatoms. The van der Waals surface area contributed by atoms with E-state index in [1.165, 1.54) is 22.3 Å². The lowest BCUT2D eigenvalue weighted by Crippen LogP contribution is -2.31. The fourth-order valence-electron chi connectivity index (χ4n) is 1.80. The van der Waals surface area contributed by atoms with E-state index >= 15 is 0 Å². The van der Waals surface area contributed by atoms with Gasteiger partial charge in [0.2, 0.25) is 0 Å². The molecule has 1 aromatic rings. The molecule has 0 saturated heterocycles. The van der Waals surface area contributed by atoms with E-state index < -0.39 is 0 Å². The van der Waals surface area contributed by atoms with Gasteiger partial charge in [0.05, 0.1) is 6.61 Å². The molecule has 2 nitrogen and oxygen atoms in total. The van der Waals surface area contributed by atoms with Gasteiger partial charge < -0.3 is 10.4 Å². The zero-order chi connectivity index (χ0) is 12.1. The minimum absolute atomic E-state index is 0.209. The maximum atomic E-state index is 9.11. The highest BCUT2D eigenvalue weighted by molar-refractivity contribution is 5.36. The largest absolute Gasteiger partial charge is 0.395 e. The first-order valence-corrected chi connectivity index (χ1v) is 5.99. The van der Waals surface area contributed by atoms with Gasteiger partial charge in [-0.1, -0.05) is 19.1 Å². The summed E-state index contributed by atoms with van der Waals surface area (Å²) in [5.74, 6) is 0. The minimum atomic E-state index is 0.209. The van der Waals surface area contributed by atoms with Crippen molar-refractivity contribution in [3.05, 3.63) is 34.4 Å². The molecule has 0 amide bonds. The van der Waals surface area contributed by atoms with Gasteiger partial charge in [0.25, 0.3) is 0 Å². The number of aliphatic hydroxyl groups excluding tert-OH is 1. The molecule has 0 aliphatic rings. The van der Waals surface area contributed by atoms with Crippen LogP contribution in [0.3, 0.4) is 0 Å². The molecule has 0 spiro atoms. The van der Waals surface area contributed by atoms with Crippen molar-refractivity contribution in [3.8, 4) is 0 Å². The summed E-state index contributed by atoms with van der Waals surface area (Å²) in [6.45, 7) is 9.56. The summed E-state index contributed by atoms with van der Waals surface area (Å²) >= 11 is 0. The van der Waals surface area contributed by atoms with Crippen molar-refractivity contribution in [1.82, 2.24) is 5.32 Å². The van der Waals surface area contributed by atoms with Gasteiger partial charge in [0, 0.05) is 12.6 Å². The van der Waals surface area contributed by atoms with Crippen LogP contribution in [0.2, 0.25) is 0 Å². The van der Waals surface area contributed by atoms with Crippen LogP contribution in [-0.2, 0) is 6.54 Å². The van der Waals surface area contributed by atoms with Crippen LogP contribution < -0.4 is 5.32 Å². The lowest BCUT2D eigenvalue weighted by molar-refractivity contribution is 0.238. The quantitative estimate of drug-likeness (QED) is 0.800. The first-order valence-electron chi connectivity index (χ1n) is 5.99. The van der Waals surface area contributed by atoms with Gasteiger partial charge in [0.1, 0.15) is 0 Å². The Hall–Kier alpha value is -0.860. The Morgan fingerprint density at radius 2 is 1.75 bits per heavy atom. The number of aryl methyl sites for hydroxylation is 3. The molecule has 0 heterocycles. The standard InChI is InChI=1S/C14H23NO/c1-5-14(9-16)15-8-13-7-11(3)10(2)6-12(13)4/h6-7,14-16H,5,8-9H2,1-4H3. The second kappa shape index (κ2) is 6.02. The van der Waals surface area contributed by atoms with Crippen LogP contribution in [0, 0.1) is 20.8 Å². The zero-order valence-corrected chi connectivity index (χ0v) is 10.8. The molecule has 0 fully saturated rings. The average Bonchev–Trinajstić information content (AvgIpc) is 2.26. The molecule has 0 aliphatic heterocycles. The highest BCUT2D eigenvalue weighted by atomic mass is 16.3. The Labute approximate surface area is 98.7 Å². The van der Waals surface area contributed by atoms with Gasteiger partial charge in [-0.05, 0) is 49.4 Å². The summed E-state index contributed by atoms with van der Waals surface area (Å²) in [5.41, 5.74) is 5.33. The van der Waals surface area contributed by atoms with Gasteiger partial charge in [0.15, 0.2) is 0 Å². The van der Waals surface area contributed by atoms with Crippen molar-refractivity contribution in [3.63, 3.8) is 0 Å². The lowest BCUT2D eigenvalue weighted by Gasteiger charge is -2.16. The van der Waals surface area contributed by atoms with Crippen molar-refractivity contribution >= 4 is 0 Å². The monoisotopic (exact) mass is 221 g/mol. The number of hydrogen-bond donors (Lipinski definition) is 2. The topological polar surface area (TPSA) is 32.3 Å². The maximum absolute atomic E-state index is 9.11. The van der Waals surface area contributed by atoms with Crippen molar-refractivity contribution in [2.24, 2.45) is 0 Å². The van der Waals surface area contributed by atoms with Crippen molar-refractivity contribution < 1.29 is 5.11 Å². The summed E-state index contributed by atoms with van der Waals surface area (Å²) in [6, 6.07) is 4.68. The number of rotatable bonds is 5. The fourth-order valence-corrected chi connectivity index (χ4v) is 1.80. The number of aliphatic hydroxyl groups is 1. The molecule has 1 aromatic carbocycles. The smallest absolute Gasteiger partial charge is 0.0584 e. The molecule has 0 aliphatic carbocycles. The van der Waals surface area contributed by atoms with Gasteiger partial charge in [-0.15, -0.1) is 0 Å². The summed E-state index contributed by atoms with van der Waals surface area (Å²) in [5, 5.41) is 12.5. The van der Waals surface area contributed by atoms with Crippen LogP contribution in [0.5, 0.6) is 0 Å². The van der Waals surface area contributed by atoms with E-state index in [-0.39, 0.29) is 12.6 Å². The van der Waals surface area contributed by atoms with Crippen LogP contribution in [0.4, 0.5) is 0 Å². The van der Waals surface area contributed by atoms with Crippen LogP contribution in [-0.4, -0.2) is 17.8 Å². The predicted octanol–water partition coefficient (Wildman–Crippen LogP) is 2.47. The Balaban J connectivity index is 2.70. The molecule has 1 unspecified atom stereocenters. The third-order valence-electron chi connectivity index (χ3n) is 3.25. The highest BCUT2D eigenvalue weighted by Gasteiger charge is 2.06. The maximum Gasteiger partial charge on any atom is 0.0584 e. The highest BCUT2D eigenvalue weighted by Crippen LogP contribution is 2.15. The normalized spacial score (nSPS) is 12.8. The summed E-state index contributed by atoms with van der Waals surface area (Å²) < 4.78 is 0. The zero-order valence-electron chi connectivity index (χ0n) is 10.8.